The minimum atomic E-state index is -1.30. The third-order valence-corrected chi connectivity index (χ3v) is 5.35. The zero-order chi connectivity index (χ0) is 18.6. The van der Waals surface area contributed by atoms with E-state index in [2.05, 4.69) is 5.32 Å². The lowest BCUT2D eigenvalue weighted by atomic mass is 9.90. The van der Waals surface area contributed by atoms with Gasteiger partial charge in [-0.1, -0.05) is 25.0 Å². The largest absolute Gasteiger partial charge is 0.480 e. The molecule has 3 rings (SSSR count). The molecule has 2 N–H and O–H groups in total. The van der Waals surface area contributed by atoms with Crippen LogP contribution < -0.4 is 5.32 Å². The number of halogens is 1. The predicted octanol–water partition coefficient (Wildman–Crippen LogP) is 3.09. The number of nitrogens with zero attached hydrogens (tertiary/aromatic N) is 1. The van der Waals surface area contributed by atoms with Gasteiger partial charge in [-0.05, 0) is 30.5 Å². The number of carbonyl (C=O) groups excluding carboxylic acids is 1. The molecule has 0 aromatic heterocycles. The number of carbonyl (C=O) groups is 2. The maximum Gasteiger partial charge on any atom is 0.329 e. The van der Waals surface area contributed by atoms with Crippen molar-refractivity contribution in [3.05, 3.63) is 35.6 Å². The van der Waals surface area contributed by atoms with Crippen molar-refractivity contribution in [2.24, 2.45) is 0 Å². The van der Waals surface area contributed by atoms with Crippen LogP contribution in [0.2, 0.25) is 0 Å². The van der Waals surface area contributed by atoms with Crippen LogP contribution in [0.1, 0.15) is 50.1 Å². The minimum absolute atomic E-state index is 0.243. The number of amides is 2. The molecule has 1 unspecified atom stereocenters. The monoisotopic (exact) mass is 364 g/mol. The second-order valence-corrected chi connectivity index (χ2v) is 7.04. The SMILES string of the molecule is O=C(NC1(C(=O)O)CCOCC1)N1CCCCCC1c1cccc(F)c1. The summed E-state index contributed by atoms with van der Waals surface area (Å²) in [5.41, 5.74) is -0.549. The molecule has 2 aliphatic rings. The third kappa shape index (κ3) is 3.98. The molecule has 1 atom stereocenters. The molecule has 142 valence electrons. The fourth-order valence-electron chi connectivity index (χ4n) is 3.80. The molecule has 0 saturated carbocycles. The highest BCUT2D eigenvalue weighted by Crippen LogP contribution is 2.31. The molecule has 2 fully saturated rings. The molecular formula is C19H25FN2O4. The van der Waals surface area contributed by atoms with Crippen LogP contribution in [0.25, 0.3) is 0 Å². The van der Waals surface area contributed by atoms with Crippen LogP contribution in [0.3, 0.4) is 0 Å². The first-order chi connectivity index (χ1) is 12.5. The summed E-state index contributed by atoms with van der Waals surface area (Å²) in [6.45, 7) is 1.14. The first-order valence-electron chi connectivity index (χ1n) is 9.17. The number of carboxylic acid groups (broad SMARTS) is 1. The highest BCUT2D eigenvalue weighted by Gasteiger charge is 2.43. The molecule has 1 aromatic carbocycles. The van der Waals surface area contributed by atoms with Crippen molar-refractivity contribution in [3.8, 4) is 0 Å². The Kier molecular flexibility index (Phi) is 5.76. The fraction of sp³-hybridized carbons (Fsp3) is 0.579. The van der Waals surface area contributed by atoms with Crippen molar-refractivity contribution in [1.82, 2.24) is 10.2 Å². The molecule has 26 heavy (non-hydrogen) atoms. The van der Waals surface area contributed by atoms with Gasteiger partial charge in [0.2, 0.25) is 0 Å². The van der Waals surface area contributed by atoms with Gasteiger partial charge in [-0.15, -0.1) is 0 Å². The van der Waals surface area contributed by atoms with E-state index in [0.29, 0.717) is 19.8 Å². The lowest BCUT2D eigenvalue weighted by Crippen LogP contribution is -2.60. The standard InChI is InChI=1S/C19H25FN2O4/c20-15-6-4-5-14(13-15)16-7-2-1-3-10-22(16)18(25)21-19(17(23)24)8-11-26-12-9-19/h4-6,13,16H,1-3,7-12H2,(H,21,25)(H,23,24). The number of benzene rings is 1. The highest BCUT2D eigenvalue weighted by molar-refractivity contribution is 5.86. The van der Waals surface area contributed by atoms with Gasteiger partial charge in [-0.2, -0.15) is 0 Å². The van der Waals surface area contributed by atoms with Gasteiger partial charge in [0.15, 0.2) is 0 Å². The van der Waals surface area contributed by atoms with Crippen LogP contribution in [0.15, 0.2) is 24.3 Å². The van der Waals surface area contributed by atoms with Gasteiger partial charge in [0, 0.05) is 32.6 Å². The molecule has 2 aliphatic heterocycles. The Morgan fingerprint density at radius 3 is 2.69 bits per heavy atom. The van der Waals surface area contributed by atoms with Gasteiger partial charge in [-0.25, -0.2) is 14.0 Å². The van der Waals surface area contributed by atoms with Crippen molar-refractivity contribution in [2.45, 2.75) is 50.1 Å². The molecule has 2 heterocycles. The normalized spacial score (nSPS) is 23.1. The Morgan fingerprint density at radius 2 is 2.00 bits per heavy atom. The molecule has 0 aliphatic carbocycles. The average molecular weight is 364 g/mol. The summed E-state index contributed by atoms with van der Waals surface area (Å²) in [4.78, 5) is 26.5. The lowest BCUT2D eigenvalue weighted by molar-refractivity contribution is -0.148. The number of likely N-dealkylation sites (tertiary alicyclic amines) is 1. The molecule has 2 amide bonds. The second kappa shape index (κ2) is 8.03. The predicted molar refractivity (Wildman–Crippen MR) is 93.3 cm³/mol. The Hall–Kier alpha value is -2.15. The van der Waals surface area contributed by atoms with Gasteiger partial charge < -0.3 is 20.1 Å². The van der Waals surface area contributed by atoms with Gasteiger partial charge in [-0.3, -0.25) is 0 Å². The van der Waals surface area contributed by atoms with E-state index in [1.807, 2.05) is 6.07 Å². The summed E-state index contributed by atoms with van der Waals surface area (Å²) in [7, 11) is 0. The summed E-state index contributed by atoms with van der Waals surface area (Å²) >= 11 is 0. The quantitative estimate of drug-likeness (QED) is 0.864. The van der Waals surface area contributed by atoms with Gasteiger partial charge in [0.25, 0.3) is 0 Å². The van der Waals surface area contributed by atoms with E-state index in [1.54, 1.807) is 11.0 Å². The van der Waals surface area contributed by atoms with Gasteiger partial charge in [0.05, 0.1) is 6.04 Å². The van der Waals surface area contributed by atoms with Crippen LogP contribution in [0, 0.1) is 5.82 Å². The number of ether oxygens (including phenoxy) is 1. The molecule has 7 heteroatoms. The lowest BCUT2D eigenvalue weighted by Gasteiger charge is -2.38. The Balaban J connectivity index is 1.83. The van der Waals surface area contributed by atoms with Crippen LogP contribution in [-0.2, 0) is 9.53 Å². The zero-order valence-electron chi connectivity index (χ0n) is 14.7. The summed E-state index contributed by atoms with van der Waals surface area (Å²) < 4.78 is 18.9. The van der Waals surface area contributed by atoms with Crippen molar-refractivity contribution in [3.63, 3.8) is 0 Å². The Labute approximate surface area is 152 Å². The van der Waals surface area contributed by atoms with E-state index < -0.39 is 17.5 Å². The number of hydrogen-bond acceptors (Lipinski definition) is 3. The summed E-state index contributed by atoms with van der Waals surface area (Å²) in [5.74, 6) is -1.37. The van der Waals surface area contributed by atoms with Crippen LogP contribution in [0.5, 0.6) is 0 Å². The number of rotatable bonds is 3. The molecule has 0 bridgehead atoms. The van der Waals surface area contributed by atoms with E-state index in [-0.39, 0.29) is 24.7 Å². The molecule has 1 aromatic rings. The molecule has 0 spiro atoms. The number of nitrogens with one attached hydrogen (secondary N) is 1. The number of hydrogen-bond donors (Lipinski definition) is 2. The Bertz CT molecular complexity index is 661. The van der Waals surface area contributed by atoms with Crippen molar-refractivity contribution >= 4 is 12.0 Å². The molecular weight excluding hydrogens is 339 g/mol. The summed E-state index contributed by atoms with van der Waals surface area (Å²) in [6.07, 6.45) is 4.01. The van der Waals surface area contributed by atoms with Crippen molar-refractivity contribution in [2.75, 3.05) is 19.8 Å². The third-order valence-electron chi connectivity index (χ3n) is 5.35. The first-order valence-corrected chi connectivity index (χ1v) is 9.17. The summed E-state index contributed by atoms with van der Waals surface area (Å²) in [5, 5.41) is 12.4. The van der Waals surface area contributed by atoms with Crippen LogP contribution >= 0.6 is 0 Å². The van der Waals surface area contributed by atoms with E-state index >= 15 is 0 Å². The van der Waals surface area contributed by atoms with Crippen LogP contribution in [0.4, 0.5) is 9.18 Å². The number of aliphatic carboxylic acids is 1. The maximum absolute atomic E-state index is 13.7. The Morgan fingerprint density at radius 1 is 1.23 bits per heavy atom. The molecule has 6 nitrogen and oxygen atoms in total. The zero-order valence-corrected chi connectivity index (χ0v) is 14.7. The second-order valence-electron chi connectivity index (χ2n) is 7.04. The summed E-state index contributed by atoms with van der Waals surface area (Å²) in [6, 6.07) is 5.65. The minimum Gasteiger partial charge on any atom is -0.480 e. The van der Waals surface area contributed by atoms with E-state index in [9.17, 15) is 19.1 Å². The molecule has 2 saturated heterocycles. The number of carboxylic acids is 1. The number of urea groups is 1. The van der Waals surface area contributed by atoms with Gasteiger partial charge in [0.1, 0.15) is 11.4 Å². The van der Waals surface area contributed by atoms with E-state index in [4.69, 9.17) is 4.74 Å². The van der Waals surface area contributed by atoms with Crippen molar-refractivity contribution in [1.29, 1.82) is 0 Å². The van der Waals surface area contributed by atoms with E-state index in [0.717, 1.165) is 31.2 Å². The van der Waals surface area contributed by atoms with Crippen LogP contribution in [-0.4, -0.2) is 47.3 Å². The average Bonchev–Trinajstić information content (AvgIpc) is 2.88. The maximum atomic E-state index is 13.7. The fourth-order valence-corrected chi connectivity index (χ4v) is 3.80. The van der Waals surface area contributed by atoms with E-state index in [1.165, 1.54) is 12.1 Å². The van der Waals surface area contributed by atoms with Gasteiger partial charge >= 0.3 is 12.0 Å². The van der Waals surface area contributed by atoms with Crippen molar-refractivity contribution < 1.29 is 23.8 Å². The first kappa shape index (κ1) is 18.6. The smallest absolute Gasteiger partial charge is 0.329 e. The topological polar surface area (TPSA) is 78.9 Å². The molecule has 0 radical (unpaired) electrons. The highest BCUT2D eigenvalue weighted by atomic mass is 19.1.